The molecule has 0 aliphatic carbocycles. The van der Waals surface area contributed by atoms with Gasteiger partial charge in [-0.25, -0.2) is 0 Å². The normalized spacial score (nSPS) is 16.7. The third kappa shape index (κ3) is 2.66. The van der Waals surface area contributed by atoms with Crippen molar-refractivity contribution in [3.05, 3.63) is 57.7 Å². The lowest BCUT2D eigenvalue weighted by Gasteiger charge is -2.27. The number of fused-ring (bicyclic) bond motifs is 3. The van der Waals surface area contributed by atoms with Crippen LogP contribution >= 0.6 is 11.6 Å². The van der Waals surface area contributed by atoms with Gasteiger partial charge in [-0.1, -0.05) is 11.6 Å². The van der Waals surface area contributed by atoms with Crippen LogP contribution in [0.25, 0.3) is 10.9 Å². The van der Waals surface area contributed by atoms with Crippen LogP contribution in [0.2, 0.25) is 5.02 Å². The Kier molecular flexibility index (Phi) is 4.10. The molecule has 1 unspecified atom stereocenters. The molecule has 1 atom stereocenters. The number of aromatic nitrogens is 1. The Bertz CT molecular complexity index is 949. The third-order valence-corrected chi connectivity index (χ3v) is 5.23. The highest BCUT2D eigenvalue weighted by Gasteiger charge is 2.27. The average molecular weight is 357 g/mol. The van der Waals surface area contributed by atoms with Crippen LogP contribution in [0.4, 0.5) is 0 Å². The molecule has 4 nitrogen and oxygen atoms in total. The lowest BCUT2D eigenvalue weighted by atomic mass is 9.91. The molecule has 1 aliphatic heterocycles. The molecule has 0 amide bonds. The van der Waals surface area contributed by atoms with Gasteiger partial charge in [0, 0.05) is 28.2 Å². The summed E-state index contributed by atoms with van der Waals surface area (Å²) in [5, 5.41) is 5.62. The van der Waals surface area contributed by atoms with Gasteiger partial charge in [0.1, 0.15) is 0 Å². The zero-order valence-electron chi connectivity index (χ0n) is 14.6. The Labute approximate surface area is 152 Å². The smallest absolute Gasteiger partial charge is 0.161 e. The van der Waals surface area contributed by atoms with Crippen molar-refractivity contribution in [2.75, 3.05) is 20.8 Å². The van der Waals surface area contributed by atoms with Crippen LogP contribution in [0.3, 0.4) is 0 Å². The van der Waals surface area contributed by atoms with E-state index in [2.05, 4.69) is 35.4 Å². The predicted octanol–water partition coefficient (Wildman–Crippen LogP) is 4.38. The zero-order valence-corrected chi connectivity index (χ0v) is 15.3. The summed E-state index contributed by atoms with van der Waals surface area (Å²) < 4.78 is 10.9. The van der Waals surface area contributed by atoms with Crippen LogP contribution in [-0.4, -0.2) is 25.7 Å². The van der Waals surface area contributed by atoms with Gasteiger partial charge in [0.15, 0.2) is 11.5 Å². The number of aromatic amines is 1. The van der Waals surface area contributed by atoms with Gasteiger partial charge in [0.25, 0.3) is 0 Å². The zero-order chi connectivity index (χ0) is 17.6. The second kappa shape index (κ2) is 6.28. The fourth-order valence-corrected chi connectivity index (χ4v) is 3.94. The van der Waals surface area contributed by atoms with Crippen LogP contribution < -0.4 is 14.8 Å². The summed E-state index contributed by atoms with van der Waals surface area (Å²) in [6.07, 6.45) is 0.985. The standard InChI is InChI=1S/C20H21ClN2O2/c1-11-8-17(24-2)18(25-3)10-14(11)19-20-13(6-7-22-19)15-9-12(21)4-5-16(15)23-20/h4-5,8-10,19,22-23H,6-7H2,1-3H3. The summed E-state index contributed by atoms with van der Waals surface area (Å²) in [6.45, 7) is 3.03. The second-order valence-electron chi connectivity index (χ2n) is 6.41. The molecular formula is C20H21ClN2O2. The van der Waals surface area contributed by atoms with Crippen molar-refractivity contribution in [3.8, 4) is 11.5 Å². The minimum Gasteiger partial charge on any atom is -0.493 e. The van der Waals surface area contributed by atoms with Crippen LogP contribution in [0.1, 0.15) is 28.4 Å². The average Bonchev–Trinajstić information content (AvgIpc) is 2.99. The van der Waals surface area contributed by atoms with Gasteiger partial charge in [-0.05, 0) is 60.4 Å². The summed E-state index contributed by atoms with van der Waals surface area (Å²) in [4.78, 5) is 3.59. The number of aryl methyl sites for hydroxylation is 1. The molecule has 2 aromatic carbocycles. The number of hydrogen-bond donors (Lipinski definition) is 2. The topological polar surface area (TPSA) is 46.3 Å². The maximum Gasteiger partial charge on any atom is 0.161 e. The van der Waals surface area contributed by atoms with E-state index >= 15 is 0 Å². The van der Waals surface area contributed by atoms with Crippen molar-refractivity contribution >= 4 is 22.5 Å². The van der Waals surface area contributed by atoms with Crippen LogP contribution in [-0.2, 0) is 6.42 Å². The minimum absolute atomic E-state index is 0.0923. The Morgan fingerprint density at radius 2 is 1.84 bits per heavy atom. The molecule has 1 aromatic heterocycles. The lowest BCUT2D eigenvalue weighted by Crippen LogP contribution is -2.31. The quantitative estimate of drug-likeness (QED) is 0.732. The Balaban J connectivity index is 1.88. The van der Waals surface area contributed by atoms with Crippen molar-refractivity contribution < 1.29 is 9.47 Å². The SMILES string of the molecule is COc1cc(C)c(C2NCCc3c2[nH]c2ccc(Cl)cc32)cc1OC. The maximum atomic E-state index is 6.21. The molecule has 0 bridgehead atoms. The van der Waals surface area contributed by atoms with Gasteiger partial charge in [0.05, 0.1) is 20.3 Å². The van der Waals surface area contributed by atoms with Crippen LogP contribution in [0.5, 0.6) is 11.5 Å². The molecule has 4 rings (SSSR count). The van der Waals surface area contributed by atoms with Gasteiger partial charge in [-0.3, -0.25) is 0 Å². The minimum atomic E-state index is 0.0923. The van der Waals surface area contributed by atoms with Crippen molar-refractivity contribution in [1.29, 1.82) is 0 Å². The molecule has 0 fully saturated rings. The van der Waals surface area contributed by atoms with E-state index < -0.39 is 0 Å². The van der Waals surface area contributed by atoms with E-state index in [0.717, 1.165) is 35.0 Å². The first-order valence-corrected chi connectivity index (χ1v) is 8.76. The fourth-order valence-electron chi connectivity index (χ4n) is 3.77. The molecule has 5 heteroatoms. The molecule has 1 aliphatic rings. The Morgan fingerprint density at radius 3 is 2.60 bits per heavy atom. The highest BCUT2D eigenvalue weighted by atomic mass is 35.5. The molecule has 3 aromatic rings. The molecule has 2 heterocycles. The largest absolute Gasteiger partial charge is 0.493 e. The monoisotopic (exact) mass is 356 g/mol. The van der Waals surface area contributed by atoms with E-state index in [9.17, 15) is 0 Å². The van der Waals surface area contributed by atoms with Crippen molar-refractivity contribution in [1.82, 2.24) is 10.3 Å². The molecule has 130 valence electrons. The van der Waals surface area contributed by atoms with Gasteiger partial charge >= 0.3 is 0 Å². The van der Waals surface area contributed by atoms with E-state index in [1.165, 1.54) is 27.8 Å². The second-order valence-corrected chi connectivity index (χ2v) is 6.84. The first-order chi connectivity index (χ1) is 12.1. The summed E-state index contributed by atoms with van der Waals surface area (Å²) in [7, 11) is 3.33. The van der Waals surface area contributed by atoms with Gasteiger partial charge in [0.2, 0.25) is 0 Å². The summed E-state index contributed by atoms with van der Waals surface area (Å²) in [5.74, 6) is 1.50. The first-order valence-electron chi connectivity index (χ1n) is 8.38. The molecule has 0 saturated carbocycles. The summed E-state index contributed by atoms with van der Waals surface area (Å²) in [5.41, 5.74) is 6.03. The number of H-pyrrole nitrogens is 1. The highest BCUT2D eigenvalue weighted by molar-refractivity contribution is 6.31. The number of hydrogen-bond acceptors (Lipinski definition) is 3. The molecule has 0 radical (unpaired) electrons. The molecule has 0 spiro atoms. The first kappa shape index (κ1) is 16.3. The van der Waals surface area contributed by atoms with Gasteiger partial charge < -0.3 is 19.8 Å². The van der Waals surface area contributed by atoms with Crippen molar-refractivity contribution in [2.45, 2.75) is 19.4 Å². The van der Waals surface area contributed by atoms with Crippen LogP contribution in [0.15, 0.2) is 30.3 Å². The molecule has 2 N–H and O–H groups in total. The molecule has 0 saturated heterocycles. The van der Waals surface area contributed by atoms with E-state index in [1.54, 1.807) is 14.2 Å². The van der Waals surface area contributed by atoms with Crippen molar-refractivity contribution in [3.63, 3.8) is 0 Å². The van der Waals surface area contributed by atoms with E-state index in [0.29, 0.717) is 0 Å². The number of methoxy groups -OCH3 is 2. The fraction of sp³-hybridized carbons (Fsp3) is 0.300. The van der Waals surface area contributed by atoms with E-state index in [-0.39, 0.29) is 6.04 Å². The van der Waals surface area contributed by atoms with E-state index in [4.69, 9.17) is 21.1 Å². The number of halogens is 1. The Morgan fingerprint density at radius 1 is 1.08 bits per heavy atom. The summed E-state index contributed by atoms with van der Waals surface area (Å²) in [6, 6.07) is 10.2. The van der Waals surface area contributed by atoms with Gasteiger partial charge in [-0.2, -0.15) is 0 Å². The number of benzene rings is 2. The van der Waals surface area contributed by atoms with Crippen LogP contribution in [0, 0.1) is 6.92 Å². The number of rotatable bonds is 3. The maximum absolute atomic E-state index is 6.21. The molecular weight excluding hydrogens is 336 g/mol. The predicted molar refractivity (Wildman–Crippen MR) is 101 cm³/mol. The Hall–Kier alpha value is -2.17. The van der Waals surface area contributed by atoms with Crippen molar-refractivity contribution in [2.24, 2.45) is 0 Å². The molecule has 25 heavy (non-hydrogen) atoms. The lowest BCUT2D eigenvalue weighted by molar-refractivity contribution is 0.353. The number of nitrogens with one attached hydrogen (secondary N) is 2. The van der Waals surface area contributed by atoms with Gasteiger partial charge in [-0.15, -0.1) is 0 Å². The highest BCUT2D eigenvalue weighted by Crippen LogP contribution is 2.39. The third-order valence-electron chi connectivity index (χ3n) is 5.00. The summed E-state index contributed by atoms with van der Waals surface area (Å²) >= 11 is 6.21. The number of ether oxygens (including phenoxy) is 2. The van der Waals surface area contributed by atoms with E-state index in [1.807, 2.05) is 12.1 Å².